The van der Waals surface area contributed by atoms with Crippen LogP contribution >= 0.6 is 0 Å². The molecular weight excluding hydrogens is 552 g/mol. The van der Waals surface area contributed by atoms with E-state index in [4.69, 9.17) is 0 Å². The van der Waals surface area contributed by atoms with E-state index in [2.05, 4.69) is 0 Å². The standard InChI is InChI=1S/C34H24O9/c1-14-25(28(40)22-15(26(14)38)7-4-10-19(22)35)34-18(27(39)16-8-5-11-20(36)23(16)31(34)43)13-32(2)30(42)24-17(9-6-12-21(24)37)29(41)33(32,34)3/h4-12,18,35-37H,13H2,1-3H3/t18-,32-,33+,34?/m0/s1. The minimum absolute atomic E-state index is 0.107. The fourth-order valence-electron chi connectivity index (χ4n) is 8.45. The lowest BCUT2D eigenvalue weighted by Crippen LogP contribution is -2.63. The maximum absolute atomic E-state index is 15.1. The van der Waals surface area contributed by atoms with Gasteiger partial charge in [-0.3, -0.25) is 28.8 Å². The highest BCUT2D eigenvalue weighted by atomic mass is 16.3. The van der Waals surface area contributed by atoms with E-state index >= 15 is 4.79 Å². The summed E-state index contributed by atoms with van der Waals surface area (Å²) in [5, 5.41) is 32.4. The maximum atomic E-state index is 15.1. The van der Waals surface area contributed by atoms with Crippen molar-refractivity contribution in [2.75, 3.05) is 0 Å². The lowest BCUT2D eigenvalue weighted by molar-refractivity contribution is 0.0121. The quantitative estimate of drug-likeness (QED) is 0.373. The average molecular weight is 577 g/mol. The predicted octanol–water partition coefficient (Wildman–Crippen LogP) is 4.68. The first-order valence-electron chi connectivity index (χ1n) is 13.7. The first-order valence-corrected chi connectivity index (χ1v) is 13.7. The van der Waals surface area contributed by atoms with Crippen molar-refractivity contribution in [2.45, 2.75) is 27.2 Å². The van der Waals surface area contributed by atoms with Gasteiger partial charge in [-0.1, -0.05) is 43.3 Å². The molecule has 0 aromatic heterocycles. The Bertz CT molecular complexity index is 2000. The molecule has 214 valence electrons. The Kier molecular flexibility index (Phi) is 4.97. The number of ketones is 6. The van der Waals surface area contributed by atoms with Gasteiger partial charge >= 0.3 is 0 Å². The number of phenolic OH excluding ortho intramolecular Hbond substituents is 3. The number of hydrogen-bond acceptors (Lipinski definition) is 9. The third kappa shape index (κ3) is 2.65. The molecule has 3 aromatic carbocycles. The van der Waals surface area contributed by atoms with Crippen molar-refractivity contribution in [3.63, 3.8) is 0 Å². The van der Waals surface area contributed by atoms with E-state index in [-0.39, 0.29) is 39.8 Å². The van der Waals surface area contributed by atoms with Crippen LogP contribution < -0.4 is 0 Å². The van der Waals surface area contributed by atoms with Crippen LogP contribution in [0.2, 0.25) is 0 Å². The van der Waals surface area contributed by atoms with Gasteiger partial charge in [0, 0.05) is 39.2 Å². The molecule has 3 aromatic rings. The molecule has 0 bridgehead atoms. The van der Waals surface area contributed by atoms with Gasteiger partial charge in [0.25, 0.3) is 0 Å². The zero-order valence-electron chi connectivity index (χ0n) is 23.3. The van der Waals surface area contributed by atoms with Crippen LogP contribution in [0.4, 0.5) is 0 Å². The van der Waals surface area contributed by atoms with Crippen LogP contribution in [-0.4, -0.2) is 50.0 Å². The van der Waals surface area contributed by atoms with Crippen molar-refractivity contribution >= 4 is 34.7 Å². The summed E-state index contributed by atoms with van der Waals surface area (Å²) in [6.45, 7) is 4.11. The molecule has 3 N–H and O–H groups in total. The summed E-state index contributed by atoms with van der Waals surface area (Å²) >= 11 is 0. The summed E-state index contributed by atoms with van der Waals surface area (Å²) in [5.74, 6) is -7.73. The molecule has 0 amide bonds. The zero-order chi connectivity index (χ0) is 31.0. The molecule has 1 unspecified atom stereocenters. The number of aromatic hydroxyl groups is 3. The molecule has 7 rings (SSSR count). The van der Waals surface area contributed by atoms with Gasteiger partial charge in [-0.25, -0.2) is 0 Å². The summed E-state index contributed by atoms with van der Waals surface area (Å²) in [6.07, 6.45) is -0.368. The third-order valence-electron chi connectivity index (χ3n) is 10.6. The van der Waals surface area contributed by atoms with Crippen LogP contribution in [0.1, 0.15) is 89.3 Å². The number of hydrogen-bond donors (Lipinski definition) is 3. The lowest BCUT2D eigenvalue weighted by atomic mass is 9.43. The number of Topliss-reactive ketones (excluding diaryl/α,β-unsaturated/α-hetero) is 6. The van der Waals surface area contributed by atoms with Crippen LogP contribution in [-0.2, 0) is 0 Å². The Hall–Kier alpha value is -5.18. The first kappa shape index (κ1) is 26.7. The summed E-state index contributed by atoms with van der Waals surface area (Å²) in [4.78, 5) is 87.2. The van der Waals surface area contributed by atoms with Crippen LogP contribution in [0.25, 0.3) is 0 Å². The van der Waals surface area contributed by atoms with E-state index in [1.807, 2.05) is 0 Å². The summed E-state index contributed by atoms with van der Waals surface area (Å²) < 4.78 is 0. The van der Waals surface area contributed by atoms with Crippen molar-refractivity contribution in [3.8, 4) is 17.2 Å². The fraction of sp³-hybridized carbons (Fsp3) is 0.235. The van der Waals surface area contributed by atoms with Gasteiger partial charge in [0.05, 0.1) is 27.5 Å². The molecule has 4 aliphatic carbocycles. The Balaban J connectivity index is 1.68. The van der Waals surface area contributed by atoms with Crippen LogP contribution in [0.3, 0.4) is 0 Å². The third-order valence-corrected chi connectivity index (χ3v) is 10.6. The number of phenols is 3. The van der Waals surface area contributed by atoms with Gasteiger partial charge in [-0.05, 0) is 38.5 Å². The molecule has 0 spiro atoms. The first-order chi connectivity index (χ1) is 20.3. The highest BCUT2D eigenvalue weighted by Crippen LogP contribution is 2.75. The lowest BCUT2D eigenvalue weighted by Gasteiger charge is -2.53. The minimum atomic E-state index is -2.43. The van der Waals surface area contributed by atoms with Gasteiger partial charge < -0.3 is 15.3 Å². The van der Waals surface area contributed by atoms with Gasteiger partial charge in [0.2, 0.25) is 0 Å². The summed E-state index contributed by atoms with van der Waals surface area (Å²) in [6, 6.07) is 11.9. The van der Waals surface area contributed by atoms with Crippen LogP contribution in [0.5, 0.6) is 17.2 Å². The molecule has 43 heavy (non-hydrogen) atoms. The maximum Gasteiger partial charge on any atom is 0.194 e. The van der Waals surface area contributed by atoms with E-state index in [0.29, 0.717) is 0 Å². The summed E-state index contributed by atoms with van der Waals surface area (Å²) in [7, 11) is 0. The van der Waals surface area contributed by atoms with Gasteiger partial charge in [0.15, 0.2) is 34.7 Å². The zero-order valence-corrected chi connectivity index (χ0v) is 23.3. The number of carbonyl (C=O) groups is 6. The molecule has 0 saturated heterocycles. The predicted molar refractivity (Wildman–Crippen MR) is 150 cm³/mol. The fourth-order valence-corrected chi connectivity index (χ4v) is 8.45. The second-order valence-electron chi connectivity index (χ2n) is 12.1. The molecule has 0 aliphatic heterocycles. The highest BCUT2D eigenvalue weighted by molar-refractivity contribution is 6.35. The van der Waals surface area contributed by atoms with Crippen molar-refractivity contribution in [1.29, 1.82) is 0 Å². The largest absolute Gasteiger partial charge is 0.507 e. The number of fused-ring (bicyclic) bond motifs is 6. The van der Waals surface area contributed by atoms with Gasteiger partial charge in [0.1, 0.15) is 17.2 Å². The normalized spacial score (nSPS) is 29.2. The monoisotopic (exact) mass is 576 g/mol. The van der Waals surface area contributed by atoms with E-state index in [0.717, 1.165) is 0 Å². The van der Waals surface area contributed by atoms with E-state index < -0.39 is 85.2 Å². The molecule has 0 heterocycles. The van der Waals surface area contributed by atoms with Gasteiger partial charge in [-0.15, -0.1) is 0 Å². The molecule has 0 radical (unpaired) electrons. The Morgan fingerprint density at radius 1 is 0.628 bits per heavy atom. The number of rotatable bonds is 1. The molecule has 1 fully saturated rings. The number of allylic oxidation sites excluding steroid dienone is 2. The molecule has 1 saturated carbocycles. The topological polar surface area (TPSA) is 163 Å². The molecule has 9 nitrogen and oxygen atoms in total. The molecular formula is C34H24O9. The smallest absolute Gasteiger partial charge is 0.194 e. The number of carbonyl (C=O) groups excluding carboxylic acids is 6. The SMILES string of the molecule is CC1=C(C23C(=O)c4c(O)cccc4C(=O)[C@@H]2C[C@@]2(C)C(=O)c4c(O)cccc4C(=O)[C@@]32C)C(=O)c2c(O)cccc2C1=O. The van der Waals surface area contributed by atoms with Crippen LogP contribution in [0, 0.1) is 22.2 Å². The van der Waals surface area contributed by atoms with E-state index in [1.54, 1.807) is 0 Å². The number of benzene rings is 3. The molecule has 9 heteroatoms. The van der Waals surface area contributed by atoms with E-state index in [1.165, 1.54) is 75.4 Å². The molecule has 4 atom stereocenters. The van der Waals surface area contributed by atoms with Gasteiger partial charge in [-0.2, -0.15) is 0 Å². The highest BCUT2D eigenvalue weighted by Gasteiger charge is 2.82. The van der Waals surface area contributed by atoms with Crippen molar-refractivity contribution in [2.24, 2.45) is 22.2 Å². The Morgan fingerprint density at radius 3 is 1.74 bits per heavy atom. The van der Waals surface area contributed by atoms with Crippen molar-refractivity contribution in [1.82, 2.24) is 0 Å². The minimum Gasteiger partial charge on any atom is -0.507 e. The second kappa shape index (κ2) is 8.01. The van der Waals surface area contributed by atoms with E-state index in [9.17, 15) is 39.3 Å². The average Bonchev–Trinajstić information content (AvgIpc) is 3.20. The molecule has 4 aliphatic rings. The van der Waals surface area contributed by atoms with Crippen LogP contribution in [0.15, 0.2) is 65.7 Å². The van der Waals surface area contributed by atoms with Crippen molar-refractivity contribution in [3.05, 3.63) is 99.1 Å². The Morgan fingerprint density at radius 2 is 1.14 bits per heavy atom. The summed E-state index contributed by atoms with van der Waals surface area (Å²) in [5.41, 5.74) is -8.54. The van der Waals surface area contributed by atoms with Crippen molar-refractivity contribution < 1.29 is 44.1 Å². The Labute approximate surface area is 244 Å². The second-order valence-corrected chi connectivity index (χ2v) is 12.1.